The van der Waals surface area contributed by atoms with Crippen LogP contribution in [0.1, 0.15) is 32.8 Å². The van der Waals surface area contributed by atoms with E-state index in [-0.39, 0.29) is 12.3 Å². The normalized spacial score (nSPS) is 14.3. The van der Waals surface area contributed by atoms with Gasteiger partial charge < -0.3 is 15.7 Å². The lowest BCUT2D eigenvalue weighted by Gasteiger charge is -2.24. The van der Waals surface area contributed by atoms with Gasteiger partial charge in [-0.3, -0.25) is 9.59 Å². The molecule has 2 amide bonds. The Morgan fingerprint density at radius 2 is 1.75 bits per heavy atom. The largest absolute Gasteiger partial charge is 0.480 e. The van der Waals surface area contributed by atoms with E-state index in [0.29, 0.717) is 12.0 Å². The van der Waals surface area contributed by atoms with Crippen LogP contribution in [0.4, 0.5) is 4.39 Å². The van der Waals surface area contributed by atoms with E-state index in [1.54, 1.807) is 6.92 Å². The molecule has 0 spiro atoms. The van der Waals surface area contributed by atoms with Gasteiger partial charge in [0, 0.05) is 13.3 Å². The smallest absolute Gasteiger partial charge is 0.326 e. The number of rotatable bonds is 8. The lowest BCUT2D eigenvalue weighted by molar-refractivity contribution is -0.143. The van der Waals surface area contributed by atoms with Crippen molar-refractivity contribution in [2.45, 2.75) is 45.7 Å². The molecule has 24 heavy (non-hydrogen) atoms. The van der Waals surface area contributed by atoms with Crippen molar-refractivity contribution in [3.63, 3.8) is 0 Å². The van der Waals surface area contributed by atoms with Crippen LogP contribution in [-0.2, 0) is 20.8 Å². The predicted molar refractivity (Wildman–Crippen MR) is 86.7 cm³/mol. The van der Waals surface area contributed by atoms with Crippen LogP contribution in [0.5, 0.6) is 0 Å². The summed E-state index contributed by atoms with van der Waals surface area (Å²) in [6, 6.07) is 3.58. The molecule has 0 saturated carbocycles. The molecule has 1 aromatic carbocycles. The summed E-state index contributed by atoms with van der Waals surface area (Å²) >= 11 is 0. The molecular weight excluding hydrogens is 315 g/mol. The van der Waals surface area contributed by atoms with Gasteiger partial charge in [-0.15, -0.1) is 0 Å². The number of amides is 2. The Labute approximate surface area is 140 Å². The Hall–Kier alpha value is -2.44. The summed E-state index contributed by atoms with van der Waals surface area (Å²) in [6.07, 6.45) is 0.721. The number of carboxylic acids is 1. The average molecular weight is 338 g/mol. The molecule has 132 valence electrons. The summed E-state index contributed by atoms with van der Waals surface area (Å²) < 4.78 is 13.0. The maximum Gasteiger partial charge on any atom is 0.326 e. The average Bonchev–Trinajstić information content (AvgIpc) is 2.52. The number of carbonyl (C=O) groups excluding carboxylic acids is 2. The Morgan fingerprint density at radius 1 is 1.17 bits per heavy atom. The Kier molecular flexibility index (Phi) is 7.35. The molecule has 0 unspecified atom stereocenters. The molecule has 7 heteroatoms. The molecule has 0 bridgehead atoms. The minimum atomic E-state index is -1.12. The van der Waals surface area contributed by atoms with Gasteiger partial charge in [0.25, 0.3) is 0 Å². The lowest BCUT2D eigenvalue weighted by Crippen LogP contribution is -2.53. The zero-order valence-corrected chi connectivity index (χ0v) is 14.0. The second-order valence-corrected chi connectivity index (χ2v) is 5.79. The van der Waals surface area contributed by atoms with Crippen molar-refractivity contribution in [1.29, 1.82) is 0 Å². The molecule has 1 aromatic rings. The van der Waals surface area contributed by atoms with Gasteiger partial charge >= 0.3 is 5.97 Å². The molecule has 6 nitrogen and oxygen atoms in total. The number of aliphatic carboxylic acids is 1. The molecule has 0 aliphatic heterocycles. The fraction of sp³-hybridized carbons (Fsp3) is 0.471. The maximum atomic E-state index is 13.0. The summed E-state index contributed by atoms with van der Waals surface area (Å²) in [7, 11) is 0. The van der Waals surface area contributed by atoms with Crippen molar-refractivity contribution < 1.29 is 23.9 Å². The SMILES string of the molecule is CC[C@@H](C)[C@@H](NC(=O)[C@@H](Cc1ccc(F)cc1)NC(C)=O)C(=O)O. The topological polar surface area (TPSA) is 95.5 Å². The highest BCUT2D eigenvalue weighted by Crippen LogP contribution is 2.10. The first-order valence-electron chi connectivity index (χ1n) is 7.79. The van der Waals surface area contributed by atoms with Crippen LogP contribution in [0.25, 0.3) is 0 Å². The number of benzene rings is 1. The first-order valence-corrected chi connectivity index (χ1v) is 7.79. The van der Waals surface area contributed by atoms with E-state index in [4.69, 9.17) is 0 Å². The molecule has 0 aliphatic carbocycles. The molecule has 3 atom stereocenters. The van der Waals surface area contributed by atoms with E-state index in [0.717, 1.165) is 0 Å². The van der Waals surface area contributed by atoms with Gasteiger partial charge in [0.2, 0.25) is 11.8 Å². The molecular formula is C17H23FN2O4. The second-order valence-electron chi connectivity index (χ2n) is 5.79. The van der Waals surface area contributed by atoms with Gasteiger partial charge in [-0.25, -0.2) is 9.18 Å². The molecule has 0 fully saturated rings. The lowest BCUT2D eigenvalue weighted by atomic mass is 9.98. The summed E-state index contributed by atoms with van der Waals surface area (Å²) in [4.78, 5) is 35.1. The number of hydrogen-bond acceptors (Lipinski definition) is 3. The monoisotopic (exact) mass is 338 g/mol. The van der Waals surface area contributed by atoms with E-state index < -0.39 is 35.7 Å². The first-order chi connectivity index (χ1) is 11.2. The van der Waals surface area contributed by atoms with E-state index in [2.05, 4.69) is 10.6 Å². The van der Waals surface area contributed by atoms with E-state index in [9.17, 15) is 23.9 Å². The van der Waals surface area contributed by atoms with Gasteiger partial charge in [0.15, 0.2) is 0 Å². The highest BCUT2D eigenvalue weighted by molar-refractivity contribution is 5.90. The van der Waals surface area contributed by atoms with Crippen LogP contribution < -0.4 is 10.6 Å². The van der Waals surface area contributed by atoms with Crippen LogP contribution in [0.2, 0.25) is 0 Å². The minimum Gasteiger partial charge on any atom is -0.480 e. The molecule has 0 heterocycles. The predicted octanol–water partition coefficient (Wildman–Crippen LogP) is 1.49. The van der Waals surface area contributed by atoms with Crippen molar-refractivity contribution >= 4 is 17.8 Å². The van der Waals surface area contributed by atoms with E-state index in [1.807, 2.05) is 6.92 Å². The maximum absolute atomic E-state index is 13.0. The highest BCUT2D eigenvalue weighted by Gasteiger charge is 2.29. The van der Waals surface area contributed by atoms with Crippen LogP contribution in [0.3, 0.4) is 0 Å². The molecule has 0 saturated heterocycles. The molecule has 0 aliphatic rings. The Balaban J connectivity index is 2.89. The van der Waals surface area contributed by atoms with Gasteiger partial charge in [-0.2, -0.15) is 0 Å². The third-order valence-corrected chi connectivity index (χ3v) is 3.82. The van der Waals surface area contributed by atoms with Gasteiger partial charge in [-0.05, 0) is 23.6 Å². The van der Waals surface area contributed by atoms with Crippen molar-refractivity contribution in [1.82, 2.24) is 10.6 Å². The summed E-state index contributed by atoms with van der Waals surface area (Å²) in [6.45, 7) is 4.83. The quantitative estimate of drug-likeness (QED) is 0.669. The number of carbonyl (C=O) groups is 3. The second kappa shape index (κ2) is 9.00. The Bertz CT molecular complexity index is 589. The van der Waals surface area contributed by atoms with Gasteiger partial charge in [-0.1, -0.05) is 32.4 Å². The molecule has 1 rings (SSSR count). The first kappa shape index (κ1) is 19.6. The zero-order valence-electron chi connectivity index (χ0n) is 14.0. The standard InChI is InChI=1S/C17H23FN2O4/c1-4-10(2)15(17(23)24)20-16(22)14(19-11(3)21)9-12-5-7-13(18)8-6-12/h5-8,10,14-15H,4,9H2,1-3H3,(H,19,21)(H,20,22)(H,23,24)/t10-,14-,15-/m1/s1. The van der Waals surface area contributed by atoms with E-state index in [1.165, 1.54) is 31.2 Å². The van der Waals surface area contributed by atoms with Crippen molar-refractivity contribution in [3.05, 3.63) is 35.6 Å². The number of halogens is 1. The third-order valence-electron chi connectivity index (χ3n) is 3.82. The summed E-state index contributed by atoms with van der Waals surface area (Å²) in [5, 5.41) is 14.2. The zero-order chi connectivity index (χ0) is 18.3. The van der Waals surface area contributed by atoms with Gasteiger partial charge in [0.1, 0.15) is 17.9 Å². The number of nitrogens with one attached hydrogen (secondary N) is 2. The number of hydrogen-bond donors (Lipinski definition) is 3. The van der Waals surface area contributed by atoms with Crippen LogP contribution in [-0.4, -0.2) is 35.0 Å². The molecule has 3 N–H and O–H groups in total. The fourth-order valence-electron chi connectivity index (χ4n) is 2.25. The van der Waals surface area contributed by atoms with E-state index >= 15 is 0 Å². The summed E-state index contributed by atoms with van der Waals surface area (Å²) in [5.41, 5.74) is 0.653. The number of carboxylic acid groups (broad SMARTS) is 1. The van der Waals surface area contributed by atoms with Gasteiger partial charge in [0.05, 0.1) is 0 Å². The van der Waals surface area contributed by atoms with Crippen molar-refractivity contribution in [2.75, 3.05) is 0 Å². The fourth-order valence-corrected chi connectivity index (χ4v) is 2.25. The van der Waals surface area contributed by atoms with Crippen LogP contribution in [0.15, 0.2) is 24.3 Å². The van der Waals surface area contributed by atoms with Crippen LogP contribution in [0, 0.1) is 11.7 Å². The van der Waals surface area contributed by atoms with Crippen LogP contribution >= 0.6 is 0 Å². The van der Waals surface area contributed by atoms with Crippen molar-refractivity contribution in [3.8, 4) is 0 Å². The highest BCUT2D eigenvalue weighted by atomic mass is 19.1. The van der Waals surface area contributed by atoms with Crippen molar-refractivity contribution in [2.24, 2.45) is 5.92 Å². The Morgan fingerprint density at radius 3 is 2.21 bits per heavy atom. The summed E-state index contributed by atoms with van der Waals surface area (Å²) in [5.74, 6) is -2.77. The minimum absolute atomic E-state index is 0.137. The molecule has 0 aromatic heterocycles. The third kappa shape index (κ3) is 5.98. The molecule has 0 radical (unpaired) electrons.